The molecular formula is C22H33N3O3S. The van der Waals surface area contributed by atoms with Gasteiger partial charge in [0.25, 0.3) is 0 Å². The fourth-order valence-corrected chi connectivity index (χ4v) is 6.60. The molecule has 3 aliphatic rings. The van der Waals surface area contributed by atoms with Crippen LogP contribution in [-0.4, -0.2) is 50.9 Å². The highest BCUT2D eigenvalue weighted by molar-refractivity contribution is 7.89. The molecule has 2 fully saturated rings. The Kier molecular flexibility index (Phi) is 5.64. The summed E-state index contributed by atoms with van der Waals surface area (Å²) in [5.41, 5.74) is 1.80. The Balaban J connectivity index is 1.52. The molecule has 2 aliphatic heterocycles. The van der Waals surface area contributed by atoms with Crippen molar-refractivity contribution in [2.75, 3.05) is 31.1 Å². The Hall–Kier alpha value is -1.60. The first-order chi connectivity index (χ1) is 13.8. The number of fused-ring (bicyclic) bond motifs is 1. The molecule has 0 spiro atoms. The van der Waals surface area contributed by atoms with E-state index < -0.39 is 10.0 Å². The molecule has 160 valence electrons. The highest BCUT2D eigenvalue weighted by Crippen LogP contribution is 2.41. The van der Waals surface area contributed by atoms with Gasteiger partial charge in [-0.3, -0.25) is 4.79 Å². The van der Waals surface area contributed by atoms with Crippen LogP contribution in [0.5, 0.6) is 0 Å². The minimum absolute atomic E-state index is 0.0642. The number of sulfonamides is 1. The smallest absolute Gasteiger partial charge is 0.243 e. The third-order valence-corrected chi connectivity index (χ3v) is 8.53. The van der Waals surface area contributed by atoms with Crippen molar-refractivity contribution >= 4 is 21.6 Å². The molecule has 1 N–H and O–H groups in total. The minimum Gasteiger partial charge on any atom is -0.361 e. The van der Waals surface area contributed by atoms with Crippen molar-refractivity contribution in [2.45, 2.75) is 75.1 Å². The molecule has 1 aliphatic carbocycles. The third-order valence-electron chi connectivity index (χ3n) is 6.63. The van der Waals surface area contributed by atoms with E-state index in [2.05, 4.69) is 24.1 Å². The Morgan fingerprint density at radius 3 is 2.48 bits per heavy atom. The number of anilines is 1. The molecule has 0 atom stereocenters. The molecule has 4 rings (SSSR count). The lowest BCUT2D eigenvalue weighted by Gasteiger charge is -2.26. The summed E-state index contributed by atoms with van der Waals surface area (Å²) >= 11 is 0. The van der Waals surface area contributed by atoms with Crippen LogP contribution < -0.4 is 10.2 Å². The first kappa shape index (κ1) is 20.7. The second kappa shape index (κ2) is 7.91. The van der Waals surface area contributed by atoms with Gasteiger partial charge in [0.05, 0.1) is 11.4 Å². The van der Waals surface area contributed by atoms with Gasteiger partial charge in [0.2, 0.25) is 15.9 Å². The Morgan fingerprint density at radius 1 is 1.10 bits per heavy atom. The number of benzene rings is 1. The zero-order chi connectivity index (χ0) is 20.6. The topological polar surface area (TPSA) is 69.7 Å². The molecule has 0 aromatic heterocycles. The summed E-state index contributed by atoms with van der Waals surface area (Å²) < 4.78 is 27.5. The van der Waals surface area contributed by atoms with E-state index in [4.69, 9.17) is 0 Å². The maximum Gasteiger partial charge on any atom is 0.243 e. The van der Waals surface area contributed by atoms with Crippen LogP contribution in [0.15, 0.2) is 23.1 Å². The van der Waals surface area contributed by atoms with Crippen molar-refractivity contribution in [3.63, 3.8) is 0 Å². The van der Waals surface area contributed by atoms with Crippen molar-refractivity contribution in [1.82, 2.24) is 9.62 Å². The van der Waals surface area contributed by atoms with E-state index in [9.17, 15) is 13.2 Å². The summed E-state index contributed by atoms with van der Waals surface area (Å²) in [6.45, 7) is 6.50. The van der Waals surface area contributed by atoms with Crippen molar-refractivity contribution < 1.29 is 13.2 Å². The van der Waals surface area contributed by atoms with Crippen LogP contribution in [0.25, 0.3) is 0 Å². The molecule has 6 nitrogen and oxygen atoms in total. The number of nitrogens with one attached hydrogen (secondary N) is 1. The third kappa shape index (κ3) is 4.17. The van der Waals surface area contributed by atoms with E-state index in [1.807, 2.05) is 12.1 Å². The molecule has 7 heteroatoms. The monoisotopic (exact) mass is 419 g/mol. The summed E-state index contributed by atoms with van der Waals surface area (Å²) in [4.78, 5) is 15.1. The van der Waals surface area contributed by atoms with Crippen LogP contribution >= 0.6 is 0 Å². The lowest BCUT2D eigenvalue weighted by molar-refractivity contribution is -0.120. The predicted molar refractivity (Wildman–Crippen MR) is 115 cm³/mol. The average molecular weight is 420 g/mol. The van der Waals surface area contributed by atoms with Gasteiger partial charge in [0, 0.05) is 36.8 Å². The molecule has 0 bridgehead atoms. The van der Waals surface area contributed by atoms with Crippen molar-refractivity contribution in [3.8, 4) is 0 Å². The van der Waals surface area contributed by atoms with Gasteiger partial charge in [-0.1, -0.05) is 33.1 Å². The summed E-state index contributed by atoms with van der Waals surface area (Å²) in [5, 5.41) is 3.19. The highest BCUT2D eigenvalue weighted by Gasteiger charge is 2.38. The Bertz CT molecular complexity index is 869. The van der Waals surface area contributed by atoms with Crippen molar-refractivity contribution in [1.29, 1.82) is 0 Å². The maximum absolute atomic E-state index is 13.0. The van der Waals surface area contributed by atoms with E-state index in [0.717, 1.165) is 36.9 Å². The van der Waals surface area contributed by atoms with E-state index in [1.54, 1.807) is 10.4 Å². The van der Waals surface area contributed by atoms with Gasteiger partial charge in [-0.2, -0.15) is 4.31 Å². The number of carbonyl (C=O) groups excluding carboxylic acids is 1. The first-order valence-corrected chi connectivity index (χ1v) is 12.4. The van der Waals surface area contributed by atoms with E-state index in [0.29, 0.717) is 37.1 Å². The molecule has 2 heterocycles. The van der Waals surface area contributed by atoms with Crippen LogP contribution in [0.4, 0.5) is 5.69 Å². The number of hydrogen-bond acceptors (Lipinski definition) is 4. The van der Waals surface area contributed by atoms with Gasteiger partial charge in [-0.15, -0.1) is 0 Å². The maximum atomic E-state index is 13.0. The van der Waals surface area contributed by atoms with Gasteiger partial charge in [0.1, 0.15) is 0 Å². The van der Waals surface area contributed by atoms with E-state index >= 15 is 0 Å². The molecular weight excluding hydrogens is 386 g/mol. The molecule has 1 saturated carbocycles. The zero-order valence-electron chi connectivity index (χ0n) is 17.6. The summed E-state index contributed by atoms with van der Waals surface area (Å²) in [6.07, 6.45) is 7.66. The predicted octanol–water partition coefficient (Wildman–Crippen LogP) is 3.02. The van der Waals surface area contributed by atoms with Crippen molar-refractivity contribution in [3.05, 3.63) is 23.8 Å². The van der Waals surface area contributed by atoms with Crippen molar-refractivity contribution in [2.24, 2.45) is 0 Å². The number of amides is 1. The highest BCUT2D eigenvalue weighted by atomic mass is 32.2. The Morgan fingerprint density at radius 2 is 1.79 bits per heavy atom. The first-order valence-electron chi connectivity index (χ1n) is 11.0. The molecule has 0 unspecified atom stereocenters. The lowest BCUT2D eigenvalue weighted by atomic mass is 9.87. The van der Waals surface area contributed by atoms with E-state index in [-0.39, 0.29) is 11.3 Å². The number of carbonyl (C=O) groups is 1. The van der Waals surface area contributed by atoms with Crippen LogP contribution in [-0.2, 0) is 20.2 Å². The number of nitrogens with zero attached hydrogens (tertiary/aromatic N) is 2. The summed E-state index contributed by atoms with van der Waals surface area (Å²) in [6, 6.07) is 5.74. The molecule has 1 aromatic rings. The van der Waals surface area contributed by atoms with Gasteiger partial charge < -0.3 is 10.2 Å². The summed E-state index contributed by atoms with van der Waals surface area (Å²) in [7, 11) is -3.43. The second-order valence-corrected chi connectivity index (χ2v) is 11.4. The molecule has 1 saturated heterocycles. The fourth-order valence-electron chi connectivity index (χ4n) is 5.05. The van der Waals surface area contributed by atoms with Gasteiger partial charge in [-0.05, 0) is 49.4 Å². The second-order valence-electron chi connectivity index (χ2n) is 9.43. The van der Waals surface area contributed by atoms with Gasteiger partial charge in [-0.25, -0.2) is 8.42 Å². The fraction of sp³-hybridized carbons (Fsp3) is 0.682. The largest absolute Gasteiger partial charge is 0.361 e. The lowest BCUT2D eigenvalue weighted by Crippen LogP contribution is -2.43. The van der Waals surface area contributed by atoms with Gasteiger partial charge in [0.15, 0.2) is 0 Å². The van der Waals surface area contributed by atoms with Crippen LogP contribution in [0, 0.1) is 0 Å². The number of hydrogen-bond donors (Lipinski definition) is 1. The number of rotatable bonds is 5. The molecule has 29 heavy (non-hydrogen) atoms. The minimum atomic E-state index is -3.43. The van der Waals surface area contributed by atoms with Crippen LogP contribution in [0.1, 0.15) is 64.4 Å². The van der Waals surface area contributed by atoms with Gasteiger partial charge >= 0.3 is 0 Å². The molecule has 0 radical (unpaired) electrons. The SMILES string of the molecule is CC1(C)CN(CC(=O)NC2CCCCC2)c2ccc(S(=O)(=O)N3CCCC3)cc21. The molecule has 1 amide bonds. The average Bonchev–Trinajstić information content (AvgIpc) is 3.30. The van der Waals surface area contributed by atoms with Crippen LogP contribution in [0.3, 0.4) is 0 Å². The zero-order valence-corrected chi connectivity index (χ0v) is 18.4. The quantitative estimate of drug-likeness (QED) is 0.797. The Labute approximate surface area is 174 Å². The standard InChI is InChI=1S/C22H33N3O3S/c1-22(2)16-24(15-21(26)23-17-8-4-3-5-9-17)20-11-10-18(14-19(20)22)29(27,28)25-12-6-7-13-25/h10-11,14,17H,3-9,12-13,15-16H2,1-2H3,(H,23,26). The normalized spacial score (nSPS) is 22.6. The summed E-state index contributed by atoms with van der Waals surface area (Å²) in [5.74, 6) is 0.0642. The van der Waals surface area contributed by atoms with Crippen LogP contribution in [0.2, 0.25) is 0 Å². The van der Waals surface area contributed by atoms with E-state index in [1.165, 1.54) is 19.3 Å². The molecule has 1 aromatic carbocycles.